The van der Waals surface area contributed by atoms with Gasteiger partial charge in [0.2, 0.25) is 0 Å². The molecule has 0 aromatic heterocycles. The predicted octanol–water partition coefficient (Wildman–Crippen LogP) is 4.98. The summed E-state index contributed by atoms with van der Waals surface area (Å²) in [6.45, 7) is 0. The van der Waals surface area contributed by atoms with Gasteiger partial charge in [-0.05, 0) is 23.8 Å². The summed E-state index contributed by atoms with van der Waals surface area (Å²) in [5, 5.41) is 0. The maximum Gasteiger partial charge on any atom is 0.173 e. The van der Waals surface area contributed by atoms with Gasteiger partial charge < -0.3 is 4.90 Å². The van der Waals surface area contributed by atoms with Crippen LogP contribution in [-0.4, -0.2) is 22.8 Å². The molecule has 120 valence electrons. The summed E-state index contributed by atoms with van der Waals surface area (Å²) in [5.41, 5.74) is 4.09. The van der Waals surface area contributed by atoms with Crippen molar-refractivity contribution in [2.75, 3.05) is 17.7 Å². The third kappa shape index (κ3) is 3.83. The van der Waals surface area contributed by atoms with Crippen molar-refractivity contribution in [3.8, 4) is 0 Å². The first kappa shape index (κ1) is 16.7. The molecule has 0 spiro atoms. The molecule has 0 fully saturated rings. The van der Waals surface area contributed by atoms with E-state index < -0.39 is 0 Å². The topological polar surface area (TPSA) is 20.3 Å². The Bertz CT molecular complexity index is 825. The molecule has 1 heterocycles. The minimum absolute atomic E-state index is 0.0965. The van der Waals surface area contributed by atoms with Crippen molar-refractivity contribution >= 4 is 45.7 Å². The van der Waals surface area contributed by atoms with Crippen molar-refractivity contribution in [2.24, 2.45) is 0 Å². The summed E-state index contributed by atoms with van der Waals surface area (Å²) in [7, 11) is 2.02. The number of thioether (sulfide) groups is 1. The number of carbonyl (C=O) groups excluding carboxylic acids is 1. The van der Waals surface area contributed by atoms with Gasteiger partial charge in [0.05, 0.1) is 9.95 Å². The molecular formula is C20H17NOS2. The number of allylic oxidation sites excluding steroid dienone is 1. The molecule has 0 aliphatic carbocycles. The highest BCUT2D eigenvalue weighted by atomic mass is 32.2. The fourth-order valence-electron chi connectivity index (χ4n) is 2.51. The lowest BCUT2D eigenvalue weighted by molar-refractivity contribution is 0.102. The predicted molar refractivity (Wildman–Crippen MR) is 108 cm³/mol. The Morgan fingerprint density at radius 3 is 2.58 bits per heavy atom. The van der Waals surface area contributed by atoms with Gasteiger partial charge in [-0.25, -0.2) is 0 Å². The first-order valence-corrected chi connectivity index (χ1v) is 9.02. The monoisotopic (exact) mass is 351 g/mol. The quantitative estimate of drug-likeness (QED) is 0.440. The molecule has 1 aliphatic heterocycles. The van der Waals surface area contributed by atoms with Gasteiger partial charge in [0.15, 0.2) is 5.78 Å². The van der Waals surface area contributed by atoms with Crippen LogP contribution in [-0.2, 0) is 0 Å². The van der Waals surface area contributed by atoms with Crippen molar-refractivity contribution in [1.82, 2.24) is 0 Å². The van der Waals surface area contributed by atoms with Gasteiger partial charge in [0.25, 0.3) is 0 Å². The standard InChI is InChI=1S/C20H17NOS2/c1-21-17(12-11-15-7-5-6-10-18(15)21)13-20(23)24-14-19(22)16-8-3-2-4-9-16/h2-13H,14H2,1H3/b17-13+. The summed E-state index contributed by atoms with van der Waals surface area (Å²) in [5.74, 6) is 0.454. The summed E-state index contributed by atoms with van der Waals surface area (Å²) < 4.78 is 0.713. The Balaban J connectivity index is 1.65. The second-order valence-electron chi connectivity index (χ2n) is 5.42. The smallest absolute Gasteiger partial charge is 0.173 e. The number of likely N-dealkylation sites (N-methyl/N-ethyl adjacent to an activating group) is 1. The number of Topliss-reactive ketones (excluding diaryl/α,β-unsaturated/α-hetero) is 1. The lowest BCUT2D eigenvalue weighted by Gasteiger charge is -2.26. The van der Waals surface area contributed by atoms with Crippen LogP contribution < -0.4 is 4.90 Å². The largest absolute Gasteiger partial charge is 0.344 e. The van der Waals surface area contributed by atoms with Crippen LogP contribution in [0.3, 0.4) is 0 Å². The maximum atomic E-state index is 12.1. The van der Waals surface area contributed by atoms with Crippen LogP contribution in [0.25, 0.3) is 6.08 Å². The molecule has 0 radical (unpaired) electrons. The van der Waals surface area contributed by atoms with E-state index >= 15 is 0 Å². The van der Waals surface area contributed by atoms with Gasteiger partial charge >= 0.3 is 0 Å². The van der Waals surface area contributed by atoms with E-state index in [2.05, 4.69) is 23.1 Å². The Kier molecular flexibility index (Phi) is 5.28. The van der Waals surface area contributed by atoms with Gasteiger partial charge in [-0.3, -0.25) is 4.79 Å². The fourth-order valence-corrected chi connectivity index (χ4v) is 3.45. The van der Waals surface area contributed by atoms with Gasteiger partial charge in [-0.1, -0.05) is 66.8 Å². The lowest BCUT2D eigenvalue weighted by atomic mass is 10.1. The van der Waals surface area contributed by atoms with Gasteiger partial charge in [0.1, 0.15) is 0 Å². The number of carbonyl (C=O) groups is 1. The van der Waals surface area contributed by atoms with E-state index in [1.807, 2.05) is 61.7 Å². The van der Waals surface area contributed by atoms with Gasteiger partial charge in [-0.2, -0.15) is 0 Å². The molecule has 0 bridgehead atoms. The van der Waals surface area contributed by atoms with E-state index in [-0.39, 0.29) is 5.78 Å². The second kappa shape index (κ2) is 7.60. The number of fused-ring (bicyclic) bond motifs is 1. The van der Waals surface area contributed by atoms with Crippen LogP contribution in [0.2, 0.25) is 0 Å². The Morgan fingerprint density at radius 2 is 1.79 bits per heavy atom. The molecule has 0 saturated carbocycles. The number of nitrogens with zero attached hydrogens (tertiary/aromatic N) is 1. The highest BCUT2D eigenvalue weighted by Crippen LogP contribution is 2.29. The number of anilines is 1. The van der Waals surface area contributed by atoms with Crippen LogP contribution in [0.5, 0.6) is 0 Å². The number of benzene rings is 2. The molecule has 24 heavy (non-hydrogen) atoms. The van der Waals surface area contributed by atoms with E-state index in [1.54, 1.807) is 0 Å². The first-order valence-electron chi connectivity index (χ1n) is 7.63. The Labute approximate surface area is 151 Å². The van der Waals surface area contributed by atoms with E-state index in [1.165, 1.54) is 17.3 Å². The van der Waals surface area contributed by atoms with Crippen molar-refractivity contribution in [3.05, 3.63) is 83.6 Å². The van der Waals surface area contributed by atoms with Crippen LogP contribution in [0, 0.1) is 0 Å². The molecule has 0 amide bonds. The number of ketones is 1. The Hall–Kier alpha value is -2.17. The number of rotatable bonds is 4. The number of thiocarbonyl (C=S) groups is 1. The second-order valence-corrected chi connectivity index (χ2v) is 7.13. The number of hydrogen-bond donors (Lipinski definition) is 0. The summed E-state index contributed by atoms with van der Waals surface area (Å²) in [6.07, 6.45) is 6.09. The third-order valence-corrected chi connectivity index (χ3v) is 5.11. The molecule has 0 saturated heterocycles. The summed E-state index contributed by atoms with van der Waals surface area (Å²) >= 11 is 6.83. The molecule has 1 aliphatic rings. The highest BCUT2D eigenvalue weighted by molar-refractivity contribution is 8.24. The maximum absolute atomic E-state index is 12.1. The van der Waals surface area contributed by atoms with Gasteiger partial charge in [0, 0.05) is 24.0 Å². The first-order chi connectivity index (χ1) is 11.6. The number of hydrogen-bond acceptors (Lipinski definition) is 4. The van der Waals surface area contributed by atoms with E-state index in [0.717, 1.165) is 16.9 Å². The van der Waals surface area contributed by atoms with Gasteiger partial charge in [-0.15, -0.1) is 11.8 Å². The highest BCUT2D eigenvalue weighted by Gasteiger charge is 2.14. The average molecular weight is 351 g/mol. The van der Waals surface area contributed by atoms with Crippen LogP contribution in [0.4, 0.5) is 5.69 Å². The molecule has 3 rings (SSSR count). The zero-order valence-electron chi connectivity index (χ0n) is 13.3. The average Bonchev–Trinajstić information content (AvgIpc) is 2.63. The minimum atomic E-state index is 0.0965. The number of para-hydroxylation sites is 1. The van der Waals surface area contributed by atoms with Crippen molar-refractivity contribution in [3.63, 3.8) is 0 Å². The molecule has 4 heteroatoms. The molecule has 0 atom stereocenters. The van der Waals surface area contributed by atoms with Crippen molar-refractivity contribution < 1.29 is 4.79 Å². The molecule has 2 aromatic carbocycles. The van der Waals surface area contributed by atoms with Crippen LogP contribution >= 0.6 is 24.0 Å². The SMILES string of the molecule is CN1/C(=C/C(=S)SCC(=O)c2ccccc2)C=Cc2ccccc21. The normalized spacial score (nSPS) is 14.5. The third-order valence-electron chi connectivity index (χ3n) is 3.83. The molecule has 0 N–H and O–H groups in total. The molecule has 2 aromatic rings. The van der Waals surface area contributed by atoms with E-state index in [4.69, 9.17) is 12.2 Å². The molecular weight excluding hydrogens is 334 g/mol. The van der Waals surface area contributed by atoms with E-state index in [9.17, 15) is 4.79 Å². The fraction of sp³-hybridized carbons (Fsp3) is 0.100. The van der Waals surface area contributed by atoms with Crippen LogP contribution in [0.1, 0.15) is 15.9 Å². The molecule has 0 unspecified atom stereocenters. The lowest BCUT2D eigenvalue weighted by Crippen LogP contribution is -2.19. The Morgan fingerprint density at radius 1 is 1.08 bits per heavy atom. The zero-order valence-corrected chi connectivity index (χ0v) is 14.9. The van der Waals surface area contributed by atoms with Crippen molar-refractivity contribution in [1.29, 1.82) is 0 Å². The van der Waals surface area contributed by atoms with Crippen molar-refractivity contribution in [2.45, 2.75) is 0 Å². The van der Waals surface area contributed by atoms with E-state index in [0.29, 0.717) is 9.95 Å². The summed E-state index contributed by atoms with van der Waals surface area (Å²) in [6, 6.07) is 17.5. The minimum Gasteiger partial charge on any atom is -0.344 e. The summed E-state index contributed by atoms with van der Waals surface area (Å²) in [4.78, 5) is 14.3. The zero-order chi connectivity index (χ0) is 16.9. The molecule has 2 nitrogen and oxygen atoms in total. The van der Waals surface area contributed by atoms with Crippen LogP contribution in [0.15, 0.2) is 72.4 Å².